The van der Waals surface area contributed by atoms with Crippen molar-refractivity contribution < 1.29 is 17.9 Å². The molecule has 0 saturated carbocycles. The highest BCUT2D eigenvalue weighted by atomic mass is 19.4. The minimum atomic E-state index is -4.56. The van der Waals surface area contributed by atoms with Crippen LogP contribution in [-0.4, -0.2) is 24.5 Å². The first-order chi connectivity index (χ1) is 7.49. The van der Waals surface area contributed by atoms with Crippen LogP contribution in [0.5, 0.6) is 0 Å². The van der Waals surface area contributed by atoms with Gasteiger partial charge in [0.25, 0.3) is 0 Å². The third-order valence-corrected chi connectivity index (χ3v) is 2.00. The summed E-state index contributed by atoms with van der Waals surface area (Å²) in [5.74, 6) is 0. The summed E-state index contributed by atoms with van der Waals surface area (Å²) in [5, 5.41) is 2.91. The molecule has 0 aliphatic carbocycles. The van der Waals surface area contributed by atoms with Gasteiger partial charge in [-0.1, -0.05) is 6.07 Å². The molecule has 0 spiro atoms. The van der Waals surface area contributed by atoms with E-state index in [9.17, 15) is 13.2 Å². The van der Waals surface area contributed by atoms with Gasteiger partial charge in [-0.3, -0.25) is 9.72 Å². The lowest BCUT2D eigenvalue weighted by atomic mass is 10.1. The fraction of sp³-hybridized carbons (Fsp3) is 0.500. The van der Waals surface area contributed by atoms with Gasteiger partial charge in [0.1, 0.15) is 0 Å². The SMILES string of the molecule is C[C@H](NCCOC(F)(F)F)c1cccnc1. The predicted octanol–water partition coefficient (Wildman–Crippen LogP) is 2.27. The number of nitrogens with zero attached hydrogens (tertiary/aromatic N) is 1. The smallest absolute Gasteiger partial charge is 0.308 e. The number of ether oxygens (including phenoxy) is 1. The van der Waals surface area contributed by atoms with Crippen molar-refractivity contribution in [3.63, 3.8) is 0 Å². The van der Waals surface area contributed by atoms with Crippen molar-refractivity contribution in [1.82, 2.24) is 10.3 Å². The van der Waals surface area contributed by atoms with Crippen molar-refractivity contribution in [1.29, 1.82) is 0 Å². The Morgan fingerprint density at radius 1 is 1.50 bits per heavy atom. The molecular weight excluding hydrogens is 221 g/mol. The van der Waals surface area contributed by atoms with Crippen LogP contribution in [0.4, 0.5) is 13.2 Å². The number of nitrogens with one attached hydrogen (secondary N) is 1. The third-order valence-electron chi connectivity index (χ3n) is 2.00. The van der Waals surface area contributed by atoms with E-state index >= 15 is 0 Å². The molecular formula is C10H13F3N2O. The van der Waals surface area contributed by atoms with E-state index in [2.05, 4.69) is 15.0 Å². The van der Waals surface area contributed by atoms with E-state index in [0.29, 0.717) is 0 Å². The van der Waals surface area contributed by atoms with E-state index in [0.717, 1.165) is 5.56 Å². The summed E-state index contributed by atoms with van der Waals surface area (Å²) < 4.78 is 38.6. The van der Waals surface area contributed by atoms with Crippen LogP contribution in [0.1, 0.15) is 18.5 Å². The zero-order valence-corrected chi connectivity index (χ0v) is 8.79. The first-order valence-corrected chi connectivity index (χ1v) is 4.83. The van der Waals surface area contributed by atoms with Crippen molar-refractivity contribution in [2.24, 2.45) is 0 Å². The van der Waals surface area contributed by atoms with Crippen LogP contribution in [0.3, 0.4) is 0 Å². The first kappa shape index (κ1) is 12.9. The van der Waals surface area contributed by atoms with Crippen molar-refractivity contribution in [3.8, 4) is 0 Å². The van der Waals surface area contributed by atoms with E-state index in [1.165, 1.54) is 0 Å². The van der Waals surface area contributed by atoms with Crippen LogP contribution in [0.15, 0.2) is 24.5 Å². The summed E-state index contributed by atoms with van der Waals surface area (Å²) in [7, 11) is 0. The van der Waals surface area contributed by atoms with Crippen molar-refractivity contribution in [3.05, 3.63) is 30.1 Å². The minimum Gasteiger partial charge on any atom is -0.308 e. The molecule has 16 heavy (non-hydrogen) atoms. The van der Waals surface area contributed by atoms with Crippen LogP contribution in [-0.2, 0) is 4.74 Å². The van der Waals surface area contributed by atoms with E-state index in [4.69, 9.17) is 0 Å². The quantitative estimate of drug-likeness (QED) is 0.793. The van der Waals surface area contributed by atoms with Crippen LogP contribution in [0.25, 0.3) is 0 Å². The van der Waals surface area contributed by atoms with E-state index in [-0.39, 0.29) is 12.6 Å². The lowest BCUT2D eigenvalue weighted by Gasteiger charge is -2.14. The first-order valence-electron chi connectivity index (χ1n) is 4.83. The molecule has 1 aromatic heterocycles. The summed E-state index contributed by atoms with van der Waals surface area (Å²) in [6.07, 6.45) is -1.25. The van der Waals surface area contributed by atoms with Gasteiger partial charge in [0.2, 0.25) is 0 Å². The van der Waals surface area contributed by atoms with Gasteiger partial charge in [0.05, 0.1) is 6.61 Å². The summed E-state index contributed by atoms with van der Waals surface area (Å²) in [4.78, 5) is 3.92. The zero-order chi connectivity index (χ0) is 12.0. The lowest BCUT2D eigenvalue weighted by molar-refractivity contribution is -0.323. The summed E-state index contributed by atoms with van der Waals surface area (Å²) >= 11 is 0. The molecule has 3 nitrogen and oxygen atoms in total. The zero-order valence-electron chi connectivity index (χ0n) is 8.79. The number of halogens is 3. The molecule has 0 radical (unpaired) electrons. The molecule has 1 N–H and O–H groups in total. The van der Waals surface area contributed by atoms with Gasteiger partial charge < -0.3 is 5.32 Å². The van der Waals surface area contributed by atoms with Crippen molar-refractivity contribution in [2.45, 2.75) is 19.3 Å². The Hall–Kier alpha value is -1.14. The van der Waals surface area contributed by atoms with Gasteiger partial charge in [-0.15, -0.1) is 13.2 Å². The second-order valence-electron chi connectivity index (χ2n) is 3.26. The van der Waals surface area contributed by atoms with Gasteiger partial charge in [-0.05, 0) is 18.6 Å². The molecule has 0 aliphatic rings. The molecule has 1 atom stereocenters. The molecule has 0 saturated heterocycles. The van der Waals surface area contributed by atoms with Gasteiger partial charge in [-0.25, -0.2) is 0 Å². The van der Waals surface area contributed by atoms with Gasteiger partial charge in [0.15, 0.2) is 0 Å². The van der Waals surface area contributed by atoms with Crippen molar-refractivity contribution >= 4 is 0 Å². The average molecular weight is 234 g/mol. The topological polar surface area (TPSA) is 34.1 Å². The second-order valence-corrected chi connectivity index (χ2v) is 3.26. The highest BCUT2D eigenvalue weighted by molar-refractivity contribution is 5.12. The molecule has 0 fully saturated rings. The summed E-state index contributed by atoms with van der Waals surface area (Å²) in [5.41, 5.74) is 0.925. The molecule has 1 rings (SSSR count). The Balaban J connectivity index is 2.24. The fourth-order valence-corrected chi connectivity index (χ4v) is 1.19. The Bertz CT molecular complexity index is 303. The Labute approximate surface area is 91.6 Å². The number of hydrogen-bond acceptors (Lipinski definition) is 3. The highest BCUT2D eigenvalue weighted by Gasteiger charge is 2.28. The monoisotopic (exact) mass is 234 g/mol. The van der Waals surface area contributed by atoms with Crippen LogP contribution in [0.2, 0.25) is 0 Å². The molecule has 0 aliphatic heterocycles. The minimum absolute atomic E-state index is 0.0504. The van der Waals surface area contributed by atoms with Crippen LogP contribution in [0, 0.1) is 0 Å². The normalized spacial score (nSPS) is 13.8. The van der Waals surface area contributed by atoms with Crippen molar-refractivity contribution in [2.75, 3.05) is 13.2 Å². The predicted molar refractivity (Wildman–Crippen MR) is 52.7 cm³/mol. The third kappa shape index (κ3) is 5.09. The summed E-state index contributed by atoms with van der Waals surface area (Å²) in [6.45, 7) is 1.59. The van der Waals surface area contributed by atoms with Gasteiger partial charge in [0, 0.05) is 25.0 Å². The molecule has 0 unspecified atom stereocenters. The van der Waals surface area contributed by atoms with E-state index < -0.39 is 13.0 Å². The molecule has 0 amide bonds. The van der Waals surface area contributed by atoms with E-state index in [1.54, 1.807) is 18.5 Å². The molecule has 1 aromatic rings. The lowest BCUT2D eigenvalue weighted by Crippen LogP contribution is -2.26. The molecule has 6 heteroatoms. The number of hydrogen-bond donors (Lipinski definition) is 1. The number of pyridine rings is 1. The summed E-state index contributed by atoms with van der Waals surface area (Å²) in [6, 6.07) is 3.58. The maximum atomic E-state index is 11.6. The standard InChI is InChI=1S/C10H13F3N2O/c1-8(9-3-2-4-14-7-9)15-5-6-16-10(11,12)13/h2-4,7-8,15H,5-6H2,1H3/t8-/m0/s1. The molecule has 1 heterocycles. The van der Waals surface area contributed by atoms with Crippen LogP contribution >= 0.6 is 0 Å². The molecule has 90 valence electrons. The highest BCUT2D eigenvalue weighted by Crippen LogP contribution is 2.15. The Kier molecular flexibility index (Phi) is 4.70. The number of alkyl halides is 3. The second kappa shape index (κ2) is 5.81. The van der Waals surface area contributed by atoms with Gasteiger partial charge >= 0.3 is 6.36 Å². The van der Waals surface area contributed by atoms with Crippen LogP contribution < -0.4 is 5.32 Å². The molecule has 0 aromatic carbocycles. The van der Waals surface area contributed by atoms with Gasteiger partial charge in [-0.2, -0.15) is 0 Å². The fourth-order valence-electron chi connectivity index (χ4n) is 1.19. The Morgan fingerprint density at radius 2 is 2.25 bits per heavy atom. The number of rotatable bonds is 5. The number of aromatic nitrogens is 1. The maximum absolute atomic E-state index is 11.6. The largest absolute Gasteiger partial charge is 0.522 e. The maximum Gasteiger partial charge on any atom is 0.522 e. The van der Waals surface area contributed by atoms with E-state index in [1.807, 2.05) is 13.0 Å². The molecule has 0 bridgehead atoms. The average Bonchev–Trinajstić information content (AvgIpc) is 2.24. The Morgan fingerprint density at radius 3 is 2.81 bits per heavy atom.